The van der Waals surface area contributed by atoms with E-state index in [1.165, 1.54) is 0 Å². The summed E-state index contributed by atoms with van der Waals surface area (Å²) in [5, 5.41) is 0. The first-order valence-corrected chi connectivity index (χ1v) is 10.3. The van der Waals surface area contributed by atoms with E-state index in [-0.39, 0.29) is 17.7 Å². The molecule has 3 rings (SSSR count). The van der Waals surface area contributed by atoms with Gasteiger partial charge in [-0.1, -0.05) is 67.1 Å². The summed E-state index contributed by atoms with van der Waals surface area (Å²) in [6, 6.07) is 19.6. The van der Waals surface area contributed by atoms with Gasteiger partial charge >= 0.3 is 0 Å². The predicted octanol–water partition coefficient (Wildman–Crippen LogP) is 2.65. The van der Waals surface area contributed by atoms with E-state index in [0.29, 0.717) is 13.1 Å². The number of rotatable bonds is 6. The molecule has 5 nitrogen and oxygen atoms in total. The highest BCUT2D eigenvalue weighted by Crippen LogP contribution is 2.43. The number of carbonyl (C=O) groups is 2. The van der Waals surface area contributed by atoms with E-state index in [2.05, 4.69) is 0 Å². The van der Waals surface area contributed by atoms with Gasteiger partial charge in [-0.05, 0) is 44.0 Å². The van der Waals surface area contributed by atoms with Crippen LogP contribution in [0.5, 0.6) is 0 Å². The van der Waals surface area contributed by atoms with Crippen LogP contribution in [0.25, 0.3) is 0 Å². The minimum Gasteiger partial charge on any atom is -0.369 e. The van der Waals surface area contributed by atoms with Crippen molar-refractivity contribution in [1.29, 1.82) is 0 Å². The van der Waals surface area contributed by atoms with Gasteiger partial charge in [-0.3, -0.25) is 9.59 Å². The van der Waals surface area contributed by atoms with Gasteiger partial charge in [-0.25, -0.2) is 0 Å². The Morgan fingerprint density at radius 2 is 1.55 bits per heavy atom. The monoisotopic (exact) mass is 393 g/mol. The van der Waals surface area contributed by atoms with Gasteiger partial charge in [-0.15, -0.1) is 0 Å². The van der Waals surface area contributed by atoms with Crippen LogP contribution in [0.15, 0.2) is 60.7 Å². The van der Waals surface area contributed by atoms with Crippen LogP contribution in [-0.2, 0) is 15.0 Å². The summed E-state index contributed by atoms with van der Waals surface area (Å²) in [5.41, 5.74) is 6.99. The lowest BCUT2D eigenvalue weighted by Crippen LogP contribution is -2.52. The number of hydrogen-bond donors (Lipinski definition) is 1. The first kappa shape index (κ1) is 21.1. The number of amides is 2. The third kappa shape index (κ3) is 4.35. The maximum Gasteiger partial charge on any atom is 0.236 e. The van der Waals surface area contributed by atoms with Crippen LogP contribution in [0.2, 0.25) is 0 Å². The number of likely N-dealkylation sites (tertiary alicyclic amines) is 1. The summed E-state index contributed by atoms with van der Waals surface area (Å²) < 4.78 is 0. The maximum absolute atomic E-state index is 13.2. The summed E-state index contributed by atoms with van der Waals surface area (Å²) >= 11 is 0. The Kier molecular flexibility index (Phi) is 6.70. The molecule has 0 spiro atoms. The van der Waals surface area contributed by atoms with E-state index in [1.807, 2.05) is 84.6 Å². The molecule has 29 heavy (non-hydrogen) atoms. The first-order chi connectivity index (χ1) is 14.0. The van der Waals surface area contributed by atoms with Gasteiger partial charge < -0.3 is 15.5 Å². The summed E-state index contributed by atoms with van der Waals surface area (Å²) in [7, 11) is 3.80. The van der Waals surface area contributed by atoms with Crippen molar-refractivity contribution in [3.05, 3.63) is 71.8 Å². The lowest BCUT2D eigenvalue weighted by Gasteiger charge is -2.40. The average Bonchev–Trinajstić information content (AvgIpc) is 2.96. The van der Waals surface area contributed by atoms with Crippen LogP contribution in [0.3, 0.4) is 0 Å². The van der Waals surface area contributed by atoms with Crippen LogP contribution in [-0.4, -0.2) is 55.3 Å². The van der Waals surface area contributed by atoms with Crippen molar-refractivity contribution in [3.63, 3.8) is 0 Å². The van der Waals surface area contributed by atoms with Gasteiger partial charge in [0.1, 0.15) is 5.41 Å². The molecule has 154 valence electrons. The molecule has 1 unspecified atom stereocenters. The van der Waals surface area contributed by atoms with E-state index in [0.717, 1.165) is 36.9 Å². The highest BCUT2D eigenvalue weighted by Gasteiger charge is 2.48. The normalized spacial score (nSPS) is 17.8. The quantitative estimate of drug-likeness (QED) is 0.820. The van der Waals surface area contributed by atoms with Crippen molar-refractivity contribution in [2.45, 2.75) is 24.7 Å². The van der Waals surface area contributed by atoms with Crippen molar-refractivity contribution < 1.29 is 9.59 Å². The van der Waals surface area contributed by atoms with Crippen LogP contribution < -0.4 is 5.73 Å². The fourth-order valence-electron chi connectivity index (χ4n) is 4.62. The number of carbonyl (C=O) groups excluding carboxylic acids is 2. The molecule has 1 heterocycles. The molecule has 2 amide bonds. The molecule has 0 bridgehead atoms. The van der Waals surface area contributed by atoms with Crippen molar-refractivity contribution in [2.24, 2.45) is 11.7 Å². The van der Waals surface area contributed by atoms with Crippen molar-refractivity contribution in [2.75, 3.05) is 33.7 Å². The number of hydrogen-bond acceptors (Lipinski definition) is 3. The van der Waals surface area contributed by atoms with Crippen LogP contribution in [0.1, 0.15) is 30.4 Å². The van der Waals surface area contributed by atoms with Crippen molar-refractivity contribution >= 4 is 11.8 Å². The van der Waals surface area contributed by atoms with Crippen LogP contribution >= 0.6 is 0 Å². The molecule has 5 heteroatoms. The summed E-state index contributed by atoms with van der Waals surface area (Å²) in [6.45, 7) is 1.62. The fourth-order valence-corrected chi connectivity index (χ4v) is 4.62. The number of primary amides is 1. The fraction of sp³-hybridized carbons (Fsp3) is 0.417. The second-order valence-corrected chi connectivity index (χ2v) is 8.17. The molecule has 1 aliphatic rings. The summed E-state index contributed by atoms with van der Waals surface area (Å²) in [5.74, 6) is -0.346. The third-order valence-electron chi connectivity index (χ3n) is 5.93. The second kappa shape index (κ2) is 9.23. The molecule has 1 saturated heterocycles. The van der Waals surface area contributed by atoms with Gasteiger partial charge in [0.25, 0.3) is 0 Å². The summed E-state index contributed by atoms with van der Waals surface area (Å²) in [6.07, 6.45) is 2.75. The minimum atomic E-state index is -0.969. The van der Waals surface area contributed by atoms with E-state index in [4.69, 9.17) is 5.73 Å². The first-order valence-electron chi connectivity index (χ1n) is 10.3. The van der Waals surface area contributed by atoms with Crippen molar-refractivity contribution in [1.82, 2.24) is 9.80 Å². The van der Waals surface area contributed by atoms with Gasteiger partial charge in [0.15, 0.2) is 0 Å². The molecule has 0 radical (unpaired) electrons. The van der Waals surface area contributed by atoms with Gasteiger partial charge in [0.05, 0.1) is 6.54 Å². The zero-order valence-electron chi connectivity index (χ0n) is 17.4. The molecule has 2 N–H and O–H groups in total. The largest absolute Gasteiger partial charge is 0.369 e. The van der Waals surface area contributed by atoms with E-state index in [1.54, 1.807) is 0 Å². The van der Waals surface area contributed by atoms with E-state index < -0.39 is 5.41 Å². The topological polar surface area (TPSA) is 66.6 Å². The smallest absolute Gasteiger partial charge is 0.236 e. The molecule has 1 atom stereocenters. The molecule has 0 aliphatic carbocycles. The van der Waals surface area contributed by atoms with Crippen LogP contribution in [0, 0.1) is 5.92 Å². The summed E-state index contributed by atoms with van der Waals surface area (Å²) in [4.78, 5) is 29.8. The standard InChI is InChI=1S/C24H31N3O2/c1-26(2)18-22(28)27-16-10-9-15-21(17-27)24(23(25)29,19-11-5-3-6-12-19)20-13-7-4-8-14-20/h3-8,11-14,21H,9-10,15-18H2,1-2H3,(H2,25,29). The minimum absolute atomic E-state index is 0.0848. The number of likely N-dealkylation sites (N-methyl/N-ethyl adjacent to an activating group) is 1. The molecule has 0 saturated carbocycles. The zero-order valence-corrected chi connectivity index (χ0v) is 17.4. The van der Waals surface area contributed by atoms with E-state index >= 15 is 0 Å². The molecular formula is C24H31N3O2. The lowest BCUT2D eigenvalue weighted by molar-refractivity contribution is -0.134. The Morgan fingerprint density at radius 3 is 2.03 bits per heavy atom. The van der Waals surface area contributed by atoms with Crippen LogP contribution in [0.4, 0.5) is 0 Å². The second-order valence-electron chi connectivity index (χ2n) is 8.17. The van der Waals surface area contributed by atoms with E-state index in [9.17, 15) is 9.59 Å². The predicted molar refractivity (Wildman–Crippen MR) is 115 cm³/mol. The Hall–Kier alpha value is -2.66. The average molecular weight is 394 g/mol. The molecule has 2 aromatic carbocycles. The Morgan fingerprint density at radius 1 is 1.00 bits per heavy atom. The molecule has 2 aromatic rings. The Bertz CT molecular complexity index is 781. The highest BCUT2D eigenvalue weighted by molar-refractivity contribution is 5.91. The molecule has 1 fully saturated rings. The molecular weight excluding hydrogens is 362 g/mol. The maximum atomic E-state index is 13.2. The number of benzene rings is 2. The molecule has 1 aliphatic heterocycles. The van der Waals surface area contributed by atoms with Gasteiger partial charge in [-0.2, -0.15) is 0 Å². The third-order valence-corrected chi connectivity index (χ3v) is 5.93. The highest BCUT2D eigenvalue weighted by atomic mass is 16.2. The SMILES string of the molecule is CN(C)CC(=O)N1CCCCC(C(C(N)=O)(c2ccccc2)c2ccccc2)C1. The molecule has 0 aromatic heterocycles. The van der Waals surface area contributed by atoms with Crippen molar-refractivity contribution in [3.8, 4) is 0 Å². The Labute approximate surface area is 173 Å². The lowest BCUT2D eigenvalue weighted by atomic mass is 9.63. The number of nitrogens with two attached hydrogens (primary N) is 1. The zero-order chi connectivity index (χ0) is 20.9. The van der Waals surface area contributed by atoms with Gasteiger partial charge in [0, 0.05) is 13.1 Å². The van der Waals surface area contributed by atoms with Gasteiger partial charge in [0.2, 0.25) is 11.8 Å². The Balaban J connectivity index is 2.10. The number of nitrogens with zero attached hydrogens (tertiary/aromatic N) is 2.